The van der Waals surface area contributed by atoms with E-state index >= 15 is 0 Å². The Morgan fingerprint density at radius 2 is 2.10 bits per heavy atom. The molecule has 1 unspecified atom stereocenters. The normalized spacial score (nSPS) is 22.3. The summed E-state index contributed by atoms with van der Waals surface area (Å²) >= 11 is 0. The van der Waals surface area contributed by atoms with E-state index in [4.69, 9.17) is 15.3 Å². The number of hydrogen-bond acceptors (Lipinski definition) is 8. The molecular weight excluding hydrogens is 272 g/mol. The highest BCUT2D eigenvalue weighted by molar-refractivity contribution is 5.38. The van der Waals surface area contributed by atoms with Gasteiger partial charge in [0, 0.05) is 25.6 Å². The average molecular weight is 294 g/mol. The molecule has 0 amide bonds. The van der Waals surface area contributed by atoms with Gasteiger partial charge in [-0.15, -0.1) is 0 Å². The molecule has 0 bridgehead atoms. The van der Waals surface area contributed by atoms with Crippen molar-refractivity contribution in [3.8, 4) is 6.01 Å². The van der Waals surface area contributed by atoms with E-state index in [9.17, 15) is 0 Å². The van der Waals surface area contributed by atoms with Crippen molar-refractivity contribution in [2.75, 3.05) is 43.2 Å². The number of nitrogens with one attached hydrogen (secondary N) is 1. The Kier molecular flexibility index (Phi) is 4.66. The number of aromatic nitrogens is 3. The second-order valence-electron chi connectivity index (χ2n) is 5.47. The van der Waals surface area contributed by atoms with E-state index in [0.29, 0.717) is 30.4 Å². The lowest BCUT2D eigenvalue weighted by Gasteiger charge is -2.26. The maximum absolute atomic E-state index is 5.70. The Balaban J connectivity index is 1.69. The molecular formula is C13H22N6O2. The average Bonchev–Trinajstić information content (AvgIpc) is 3.07. The van der Waals surface area contributed by atoms with E-state index in [1.54, 1.807) is 0 Å². The van der Waals surface area contributed by atoms with Gasteiger partial charge >= 0.3 is 6.01 Å². The summed E-state index contributed by atoms with van der Waals surface area (Å²) < 4.78 is 11.0. The fourth-order valence-corrected chi connectivity index (χ4v) is 2.62. The van der Waals surface area contributed by atoms with Crippen molar-refractivity contribution in [1.82, 2.24) is 15.0 Å². The van der Waals surface area contributed by atoms with Crippen molar-refractivity contribution >= 4 is 11.9 Å². The number of ether oxygens (including phenoxy) is 2. The Labute approximate surface area is 124 Å². The predicted octanol–water partition coefficient (Wildman–Crippen LogP) is 0.563. The van der Waals surface area contributed by atoms with E-state index in [1.165, 1.54) is 6.42 Å². The highest BCUT2D eigenvalue weighted by atomic mass is 16.5. The molecule has 0 aromatic carbocycles. The van der Waals surface area contributed by atoms with E-state index in [1.807, 2.05) is 0 Å². The van der Waals surface area contributed by atoms with Crippen LogP contribution in [0.2, 0.25) is 0 Å². The van der Waals surface area contributed by atoms with Crippen LogP contribution in [0.25, 0.3) is 0 Å². The molecule has 3 heterocycles. The topological polar surface area (TPSA) is 98.4 Å². The van der Waals surface area contributed by atoms with Crippen LogP contribution in [0.15, 0.2) is 0 Å². The second kappa shape index (κ2) is 6.86. The van der Waals surface area contributed by atoms with Crippen LogP contribution in [0.3, 0.4) is 0 Å². The maximum atomic E-state index is 5.70. The van der Waals surface area contributed by atoms with E-state index in [-0.39, 0.29) is 0 Å². The number of nitrogens with two attached hydrogens (primary N) is 1. The van der Waals surface area contributed by atoms with Crippen molar-refractivity contribution in [1.29, 1.82) is 0 Å². The summed E-state index contributed by atoms with van der Waals surface area (Å²) in [5, 5.41) is 0. The van der Waals surface area contributed by atoms with E-state index in [2.05, 4.69) is 25.3 Å². The Morgan fingerprint density at radius 1 is 1.24 bits per heavy atom. The zero-order valence-corrected chi connectivity index (χ0v) is 12.1. The summed E-state index contributed by atoms with van der Waals surface area (Å²) in [4.78, 5) is 15.0. The summed E-state index contributed by atoms with van der Waals surface area (Å²) in [5.41, 5.74) is 2.48. The van der Waals surface area contributed by atoms with Gasteiger partial charge in [0.25, 0.3) is 0 Å². The van der Waals surface area contributed by atoms with Crippen LogP contribution >= 0.6 is 0 Å². The van der Waals surface area contributed by atoms with Crippen LogP contribution in [-0.2, 0) is 4.74 Å². The second-order valence-corrected chi connectivity index (χ2v) is 5.47. The van der Waals surface area contributed by atoms with Gasteiger partial charge in [0.05, 0.1) is 13.2 Å². The number of nitrogens with zero attached hydrogens (tertiary/aromatic N) is 4. The third-order valence-electron chi connectivity index (χ3n) is 3.84. The van der Waals surface area contributed by atoms with Crippen molar-refractivity contribution in [3.05, 3.63) is 0 Å². The Hall–Kier alpha value is -1.67. The molecule has 3 N–H and O–H groups in total. The van der Waals surface area contributed by atoms with E-state index in [0.717, 1.165) is 45.6 Å². The summed E-state index contributed by atoms with van der Waals surface area (Å²) in [6.07, 6.45) is 4.60. The summed E-state index contributed by atoms with van der Waals surface area (Å²) in [6, 6.07) is 0.324. The van der Waals surface area contributed by atoms with Crippen LogP contribution in [-0.4, -0.2) is 47.9 Å². The van der Waals surface area contributed by atoms with Crippen molar-refractivity contribution < 1.29 is 9.47 Å². The smallest absolute Gasteiger partial charge is 0.323 e. The molecule has 2 aliphatic rings. The minimum atomic E-state index is 0.324. The predicted molar refractivity (Wildman–Crippen MR) is 78.1 cm³/mol. The molecule has 2 fully saturated rings. The lowest BCUT2D eigenvalue weighted by molar-refractivity contribution is 0.163. The zero-order chi connectivity index (χ0) is 14.5. The highest BCUT2D eigenvalue weighted by Gasteiger charge is 2.19. The lowest BCUT2D eigenvalue weighted by Crippen LogP contribution is -2.31. The quantitative estimate of drug-likeness (QED) is 0.600. The highest BCUT2D eigenvalue weighted by Crippen LogP contribution is 2.20. The van der Waals surface area contributed by atoms with Crippen LogP contribution in [0.5, 0.6) is 6.01 Å². The summed E-state index contributed by atoms with van der Waals surface area (Å²) in [5.74, 6) is 6.82. The molecule has 8 heteroatoms. The van der Waals surface area contributed by atoms with Crippen LogP contribution in [0.1, 0.15) is 25.7 Å². The van der Waals surface area contributed by atoms with Gasteiger partial charge in [-0.1, -0.05) is 0 Å². The van der Waals surface area contributed by atoms with Crippen molar-refractivity contribution in [2.45, 2.75) is 25.7 Å². The number of hydrazine groups is 1. The third-order valence-corrected chi connectivity index (χ3v) is 3.84. The van der Waals surface area contributed by atoms with Crippen LogP contribution in [0, 0.1) is 5.92 Å². The van der Waals surface area contributed by atoms with Gasteiger partial charge in [-0.2, -0.15) is 15.0 Å². The van der Waals surface area contributed by atoms with Gasteiger partial charge in [0.15, 0.2) is 0 Å². The molecule has 0 saturated carbocycles. The Morgan fingerprint density at radius 3 is 2.81 bits per heavy atom. The van der Waals surface area contributed by atoms with Gasteiger partial charge in [-0.05, 0) is 25.7 Å². The molecule has 1 aromatic heterocycles. The molecule has 1 aromatic rings. The van der Waals surface area contributed by atoms with Crippen LogP contribution in [0.4, 0.5) is 11.9 Å². The van der Waals surface area contributed by atoms with E-state index < -0.39 is 0 Å². The van der Waals surface area contributed by atoms with Gasteiger partial charge in [0.2, 0.25) is 11.9 Å². The molecule has 0 spiro atoms. The lowest BCUT2D eigenvalue weighted by atomic mass is 10.1. The molecule has 116 valence electrons. The molecule has 0 radical (unpaired) electrons. The fraction of sp³-hybridized carbons (Fsp3) is 0.769. The maximum Gasteiger partial charge on any atom is 0.323 e. The first kappa shape index (κ1) is 14.3. The first-order chi connectivity index (χ1) is 10.3. The van der Waals surface area contributed by atoms with Gasteiger partial charge < -0.3 is 14.4 Å². The zero-order valence-electron chi connectivity index (χ0n) is 12.1. The molecule has 1 atom stereocenters. The standard InChI is InChI=1S/C13H22N6O2/c14-18-11-15-12(19-5-2-1-3-6-19)17-13(16-11)21-9-10-4-7-20-8-10/h10H,1-9,14H2,(H,15,16,17,18). The molecule has 8 nitrogen and oxygen atoms in total. The van der Waals surface area contributed by atoms with Gasteiger partial charge in [-0.25, -0.2) is 5.84 Å². The van der Waals surface area contributed by atoms with Gasteiger partial charge in [0.1, 0.15) is 0 Å². The number of hydrogen-bond donors (Lipinski definition) is 2. The summed E-state index contributed by atoms with van der Waals surface area (Å²) in [6.45, 7) is 4.03. The summed E-state index contributed by atoms with van der Waals surface area (Å²) in [7, 11) is 0. The molecule has 0 aliphatic carbocycles. The Bertz CT molecular complexity index is 460. The number of piperidine rings is 1. The van der Waals surface area contributed by atoms with Gasteiger partial charge in [-0.3, -0.25) is 5.43 Å². The SMILES string of the molecule is NNc1nc(OCC2CCOC2)nc(N2CCCCC2)n1. The monoisotopic (exact) mass is 294 g/mol. The molecule has 21 heavy (non-hydrogen) atoms. The number of anilines is 2. The fourth-order valence-electron chi connectivity index (χ4n) is 2.62. The number of nitrogen functional groups attached to an aromatic ring is 1. The number of rotatable bonds is 5. The first-order valence-corrected chi connectivity index (χ1v) is 7.53. The minimum absolute atomic E-state index is 0.324. The largest absolute Gasteiger partial charge is 0.463 e. The van der Waals surface area contributed by atoms with Crippen molar-refractivity contribution in [3.63, 3.8) is 0 Å². The molecule has 2 aliphatic heterocycles. The first-order valence-electron chi connectivity index (χ1n) is 7.53. The minimum Gasteiger partial charge on any atom is -0.463 e. The van der Waals surface area contributed by atoms with Crippen LogP contribution < -0.4 is 20.9 Å². The third kappa shape index (κ3) is 3.70. The molecule has 3 rings (SSSR count). The van der Waals surface area contributed by atoms with Crippen molar-refractivity contribution in [2.24, 2.45) is 11.8 Å². The molecule has 2 saturated heterocycles.